The van der Waals surface area contributed by atoms with Gasteiger partial charge in [-0.3, -0.25) is 9.36 Å². The SMILES string of the molecule is O=c1[nH]c2ccccc2c(=O)n1CCN1CC2CC(c3ccsc3)C2C1. The summed E-state index contributed by atoms with van der Waals surface area (Å²) in [6.07, 6.45) is 1.27. The van der Waals surface area contributed by atoms with Crippen LogP contribution in [-0.2, 0) is 6.54 Å². The zero-order valence-electron chi connectivity index (χ0n) is 14.4. The van der Waals surface area contributed by atoms with Gasteiger partial charge in [0.2, 0.25) is 0 Å². The van der Waals surface area contributed by atoms with Crippen molar-refractivity contribution in [2.75, 3.05) is 19.6 Å². The van der Waals surface area contributed by atoms with Crippen LogP contribution in [0, 0.1) is 11.8 Å². The second-order valence-electron chi connectivity index (χ2n) is 7.51. The van der Waals surface area contributed by atoms with Crippen LogP contribution in [0.1, 0.15) is 17.9 Å². The van der Waals surface area contributed by atoms with Gasteiger partial charge in [0.05, 0.1) is 10.9 Å². The molecule has 2 aliphatic rings. The number of H-pyrrole nitrogens is 1. The average Bonchev–Trinajstić information content (AvgIpc) is 3.25. The molecule has 1 aliphatic carbocycles. The first kappa shape index (κ1) is 16.0. The quantitative estimate of drug-likeness (QED) is 0.771. The molecular weight excluding hydrogens is 346 g/mol. The summed E-state index contributed by atoms with van der Waals surface area (Å²) in [5.41, 5.74) is 1.59. The molecule has 0 bridgehead atoms. The number of aromatic nitrogens is 2. The summed E-state index contributed by atoms with van der Waals surface area (Å²) in [6.45, 7) is 3.36. The molecule has 3 atom stereocenters. The monoisotopic (exact) mass is 367 g/mol. The van der Waals surface area contributed by atoms with E-state index in [1.807, 2.05) is 12.1 Å². The highest BCUT2D eigenvalue weighted by Gasteiger charge is 2.47. The topological polar surface area (TPSA) is 58.1 Å². The molecule has 2 aromatic heterocycles. The van der Waals surface area contributed by atoms with Gasteiger partial charge in [-0.05, 0) is 58.7 Å². The molecule has 0 spiro atoms. The van der Waals surface area contributed by atoms with Crippen LogP contribution >= 0.6 is 11.3 Å². The van der Waals surface area contributed by atoms with Crippen molar-refractivity contribution in [2.24, 2.45) is 11.8 Å². The zero-order valence-corrected chi connectivity index (χ0v) is 15.2. The third kappa shape index (κ3) is 2.56. The Labute approximate surface area is 154 Å². The maximum atomic E-state index is 12.6. The van der Waals surface area contributed by atoms with Crippen molar-refractivity contribution in [3.05, 3.63) is 67.5 Å². The number of rotatable bonds is 4. The smallest absolute Gasteiger partial charge is 0.307 e. The van der Waals surface area contributed by atoms with Crippen molar-refractivity contribution < 1.29 is 0 Å². The molecule has 1 aromatic carbocycles. The third-order valence-corrected chi connectivity index (χ3v) is 6.84. The van der Waals surface area contributed by atoms with Crippen LogP contribution in [-0.4, -0.2) is 34.1 Å². The van der Waals surface area contributed by atoms with Gasteiger partial charge < -0.3 is 9.88 Å². The number of nitrogens with zero attached hydrogens (tertiary/aromatic N) is 2. The molecule has 26 heavy (non-hydrogen) atoms. The van der Waals surface area contributed by atoms with E-state index in [-0.39, 0.29) is 11.2 Å². The number of nitrogens with one attached hydrogen (secondary N) is 1. The zero-order chi connectivity index (χ0) is 17.7. The van der Waals surface area contributed by atoms with E-state index in [0.29, 0.717) is 23.4 Å². The summed E-state index contributed by atoms with van der Waals surface area (Å²) in [6, 6.07) is 9.44. The maximum Gasteiger partial charge on any atom is 0.328 e. The predicted molar refractivity (Wildman–Crippen MR) is 104 cm³/mol. The molecule has 2 fully saturated rings. The van der Waals surface area contributed by atoms with Crippen molar-refractivity contribution in [1.29, 1.82) is 0 Å². The number of thiophene rings is 1. The Hall–Kier alpha value is -2.18. The van der Waals surface area contributed by atoms with Crippen molar-refractivity contribution >= 4 is 22.2 Å². The van der Waals surface area contributed by atoms with Gasteiger partial charge in [-0.25, -0.2) is 4.79 Å². The fourth-order valence-corrected chi connectivity index (χ4v) is 5.42. The molecule has 3 unspecified atom stereocenters. The molecule has 5 rings (SSSR count). The van der Waals surface area contributed by atoms with Crippen LogP contribution < -0.4 is 11.2 Å². The van der Waals surface area contributed by atoms with E-state index in [1.165, 1.54) is 16.6 Å². The molecule has 1 saturated heterocycles. The lowest BCUT2D eigenvalue weighted by Gasteiger charge is -2.39. The van der Waals surface area contributed by atoms with Crippen LogP contribution in [0.25, 0.3) is 10.9 Å². The Morgan fingerprint density at radius 1 is 1.12 bits per heavy atom. The van der Waals surface area contributed by atoms with Crippen molar-refractivity contribution in [1.82, 2.24) is 14.5 Å². The van der Waals surface area contributed by atoms with Crippen molar-refractivity contribution in [2.45, 2.75) is 18.9 Å². The molecule has 6 heteroatoms. The van der Waals surface area contributed by atoms with E-state index >= 15 is 0 Å². The van der Waals surface area contributed by atoms with E-state index in [4.69, 9.17) is 0 Å². The summed E-state index contributed by atoms with van der Waals surface area (Å²) in [4.78, 5) is 30.2. The molecule has 1 N–H and O–H groups in total. The Balaban J connectivity index is 1.30. The van der Waals surface area contributed by atoms with Gasteiger partial charge >= 0.3 is 5.69 Å². The molecule has 1 aliphatic heterocycles. The third-order valence-electron chi connectivity index (χ3n) is 6.14. The van der Waals surface area contributed by atoms with Crippen LogP contribution in [0.15, 0.2) is 50.7 Å². The number of likely N-dealkylation sites (tertiary alicyclic amines) is 1. The number of hydrogen-bond acceptors (Lipinski definition) is 4. The lowest BCUT2D eigenvalue weighted by atomic mass is 9.64. The average molecular weight is 367 g/mol. The minimum absolute atomic E-state index is 0.192. The van der Waals surface area contributed by atoms with Gasteiger partial charge in [-0.15, -0.1) is 0 Å². The van der Waals surface area contributed by atoms with Gasteiger partial charge in [-0.1, -0.05) is 12.1 Å². The molecule has 3 aromatic rings. The van der Waals surface area contributed by atoms with Gasteiger partial charge in [0.15, 0.2) is 0 Å². The van der Waals surface area contributed by atoms with Gasteiger partial charge in [0.1, 0.15) is 0 Å². The van der Waals surface area contributed by atoms with Crippen molar-refractivity contribution in [3.63, 3.8) is 0 Å². The first-order valence-corrected chi connectivity index (χ1v) is 10.1. The largest absolute Gasteiger partial charge is 0.328 e. The molecule has 134 valence electrons. The highest BCUT2D eigenvalue weighted by Crippen LogP contribution is 2.51. The molecular formula is C20H21N3O2S. The maximum absolute atomic E-state index is 12.6. The number of fused-ring (bicyclic) bond motifs is 2. The second kappa shape index (κ2) is 6.21. The van der Waals surface area contributed by atoms with E-state index in [2.05, 4.69) is 26.7 Å². The van der Waals surface area contributed by atoms with Crippen LogP contribution in [0.3, 0.4) is 0 Å². The minimum Gasteiger partial charge on any atom is -0.307 e. The minimum atomic E-state index is -0.313. The Bertz CT molecular complexity index is 1050. The van der Waals surface area contributed by atoms with E-state index < -0.39 is 0 Å². The molecule has 3 heterocycles. The fourth-order valence-electron chi connectivity index (χ4n) is 4.69. The summed E-state index contributed by atoms with van der Waals surface area (Å²) < 4.78 is 1.35. The normalized spacial score (nSPS) is 25.3. The number of benzene rings is 1. The van der Waals surface area contributed by atoms with E-state index in [9.17, 15) is 9.59 Å². The number of para-hydroxylation sites is 1. The summed E-state index contributed by atoms with van der Waals surface area (Å²) in [5, 5.41) is 5.01. The van der Waals surface area contributed by atoms with E-state index in [1.54, 1.807) is 23.5 Å². The lowest BCUT2D eigenvalue weighted by molar-refractivity contribution is 0.191. The first-order valence-electron chi connectivity index (χ1n) is 9.17. The fraction of sp³-hybridized carbons (Fsp3) is 0.400. The molecule has 1 saturated carbocycles. The second-order valence-corrected chi connectivity index (χ2v) is 8.29. The van der Waals surface area contributed by atoms with Crippen LogP contribution in [0.5, 0.6) is 0 Å². The lowest BCUT2D eigenvalue weighted by Crippen LogP contribution is -2.38. The molecule has 5 nitrogen and oxygen atoms in total. The van der Waals surface area contributed by atoms with Crippen LogP contribution in [0.2, 0.25) is 0 Å². The highest BCUT2D eigenvalue weighted by atomic mass is 32.1. The van der Waals surface area contributed by atoms with Crippen molar-refractivity contribution in [3.8, 4) is 0 Å². The Kier molecular flexibility index (Phi) is 3.83. The Morgan fingerprint density at radius 3 is 2.85 bits per heavy atom. The molecule has 0 radical (unpaired) electrons. The molecule has 0 amide bonds. The van der Waals surface area contributed by atoms with Gasteiger partial charge in [0, 0.05) is 26.2 Å². The van der Waals surface area contributed by atoms with Gasteiger partial charge in [-0.2, -0.15) is 11.3 Å². The number of aromatic amines is 1. The van der Waals surface area contributed by atoms with Crippen LogP contribution in [0.4, 0.5) is 0 Å². The first-order chi connectivity index (χ1) is 12.7. The van der Waals surface area contributed by atoms with Gasteiger partial charge in [0.25, 0.3) is 5.56 Å². The standard InChI is InChI=1S/C20H21N3O2S/c24-19-15-3-1-2-4-18(15)21-20(25)23(19)7-6-22-10-14-9-16(17(14)11-22)13-5-8-26-12-13/h1-5,8,12,14,16-17H,6-7,9-11H2,(H,21,25). The highest BCUT2D eigenvalue weighted by molar-refractivity contribution is 7.08. The summed E-state index contributed by atoms with van der Waals surface area (Å²) >= 11 is 1.77. The Morgan fingerprint density at radius 2 is 2.00 bits per heavy atom. The summed E-state index contributed by atoms with van der Waals surface area (Å²) in [5.74, 6) is 2.20. The van der Waals surface area contributed by atoms with E-state index in [0.717, 1.165) is 31.5 Å². The number of hydrogen-bond donors (Lipinski definition) is 1. The summed E-state index contributed by atoms with van der Waals surface area (Å²) in [7, 11) is 0. The predicted octanol–water partition coefficient (Wildman–Crippen LogP) is 2.49.